The summed E-state index contributed by atoms with van der Waals surface area (Å²) in [5, 5.41) is 0. The molecule has 3 aromatic rings. The van der Waals surface area contributed by atoms with E-state index in [0.717, 1.165) is 23.5 Å². The molecule has 0 saturated heterocycles. The van der Waals surface area contributed by atoms with Crippen LogP contribution in [0.3, 0.4) is 0 Å². The van der Waals surface area contributed by atoms with Gasteiger partial charge in [-0.2, -0.15) is 4.98 Å². The predicted molar refractivity (Wildman–Crippen MR) is 109 cm³/mol. The monoisotopic (exact) mass is 411 g/mol. The molecule has 1 aliphatic rings. The van der Waals surface area contributed by atoms with Crippen molar-refractivity contribution in [2.75, 3.05) is 24.3 Å². The Morgan fingerprint density at radius 3 is 2.45 bits per heavy atom. The zero-order valence-corrected chi connectivity index (χ0v) is 17.1. The molecule has 3 heterocycles. The van der Waals surface area contributed by atoms with Crippen molar-refractivity contribution in [1.29, 1.82) is 0 Å². The maximum atomic E-state index is 11.7. The molecular weight excluding hydrogens is 390 g/mol. The van der Waals surface area contributed by atoms with Gasteiger partial charge in [0.25, 0.3) is 0 Å². The van der Waals surface area contributed by atoms with E-state index in [1.807, 2.05) is 19.1 Å². The van der Waals surface area contributed by atoms with E-state index in [-0.39, 0.29) is 0 Å². The summed E-state index contributed by atoms with van der Waals surface area (Å²) in [5.41, 5.74) is 2.81. The van der Waals surface area contributed by atoms with E-state index in [1.165, 1.54) is 6.26 Å². The number of fused-ring (bicyclic) bond motifs is 1. The summed E-state index contributed by atoms with van der Waals surface area (Å²) >= 11 is 0. The second-order valence-electron chi connectivity index (χ2n) is 6.72. The molecule has 0 radical (unpaired) electrons. The highest BCUT2D eigenvalue weighted by molar-refractivity contribution is 7.90. The lowest BCUT2D eigenvalue weighted by atomic mass is 10.1. The van der Waals surface area contributed by atoms with Crippen molar-refractivity contribution in [2.24, 2.45) is 0 Å². The number of hydrogen-bond acceptors (Lipinski definition) is 8. The minimum Gasteiger partial charge on any atom is -0.478 e. The van der Waals surface area contributed by atoms with Gasteiger partial charge < -0.3 is 9.64 Å². The van der Waals surface area contributed by atoms with Gasteiger partial charge in [-0.25, -0.2) is 23.4 Å². The molecule has 8 nitrogen and oxygen atoms in total. The number of benzene rings is 1. The van der Waals surface area contributed by atoms with Gasteiger partial charge in [0.2, 0.25) is 11.7 Å². The summed E-state index contributed by atoms with van der Waals surface area (Å²) in [5.74, 6) is 1.46. The molecule has 1 aromatic carbocycles. The average Bonchev–Trinajstić information content (AvgIpc) is 2.74. The van der Waals surface area contributed by atoms with E-state index >= 15 is 0 Å². The summed E-state index contributed by atoms with van der Waals surface area (Å²) in [4.78, 5) is 20.2. The topological polar surface area (TPSA) is 98.2 Å². The van der Waals surface area contributed by atoms with Gasteiger partial charge in [0, 0.05) is 37.3 Å². The van der Waals surface area contributed by atoms with Gasteiger partial charge in [0.15, 0.2) is 15.7 Å². The zero-order valence-electron chi connectivity index (χ0n) is 16.2. The first-order valence-electron chi connectivity index (χ1n) is 9.30. The summed E-state index contributed by atoms with van der Waals surface area (Å²) in [6.45, 7) is 3.74. The number of sulfone groups is 1. The van der Waals surface area contributed by atoms with E-state index in [1.54, 1.807) is 30.6 Å². The van der Waals surface area contributed by atoms with Crippen LogP contribution in [0.25, 0.3) is 11.6 Å². The lowest BCUT2D eigenvalue weighted by molar-refractivity contribution is 0.320. The molecule has 4 rings (SSSR count). The quantitative estimate of drug-likeness (QED) is 0.631. The third kappa shape index (κ3) is 4.04. The minimum absolute atomic E-state index is 0.310. The maximum absolute atomic E-state index is 11.7. The molecule has 0 spiro atoms. The Morgan fingerprint density at radius 1 is 1.07 bits per heavy atom. The van der Waals surface area contributed by atoms with Crippen molar-refractivity contribution in [3.05, 3.63) is 54.0 Å². The summed E-state index contributed by atoms with van der Waals surface area (Å²) in [7, 11) is -3.21. The largest absolute Gasteiger partial charge is 0.478 e. The Morgan fingerprint density at radius 2 is 1.79 bits per heavy atom. The highest BCUT2D eigenvalue weighted by Crippen LogP contribution is 2.30. The SMILES string of the molecule is CCOc1nc(-c2ncccn2)nc2c1CN(c1ccc(S(C)(=O)=O)cc1)CC2. The fraction of sp³-hybridized carbons (Fsp3) is 0.300. The molecule has 150 valence electrons. The molecule has 0 amide bonds. The Hall–Kier alpha value is -3.07. The first-order valence-corrected chi connectivity index (χ1v) is 11.2. The summed E-state index contributed by atoms with van der Waals surface area (Å²) in [6.07, 6.45) is 5.24. The van der Waals surface area contributed by atoms with Crippen molar-refractivity contribution in [1.82, 2.24) is 19.9 Å². The Balaban J connectivity index is 1.66. The fourth-order valence-electron chi connectivity index (χ4n) is 3.28. The fourth-order valence-corrected chi connectivity index (χ4v) is 3.91. The summed E-state index contributed by atoms with van der Waals surface area (Å²) < 4.78 is 29.2. The second-order valence-corrected chi connectivity index (χ2v) is 8.74. The van der Waals surface area contributed by atoms with E-state index < -0.39 is 9.84 Å². The van der Waals surface area contributed by atoms with Crippen LogP contribution in [-0.2, 0) is 22.8 Å². The molecule has 1 aliphatic heterocycles. The van der Waals surface area contributed by atoms with Crippen molar-refractivity contribution in [3.63, 3.8) is 0 Å². The van der Waals surface area contributed by atoms with Crippen molar-refractivity contribution in [2.45, 2.75) is 24.8 Å². The number of nitrogens with zero attached hydrogens (tertiary/aromatic N) is 5. The predicted octanol–water partition coefficient (Wildman–Crippen LogP) is 2.30. The van der Waals surface area contributed by atoms with Gasteiger partial charge >= 0.3 is 0 Å². The molecule has 29 heavy (non-hydrogen) atoms. The first-order chi connectivity index (χ1) is 14.0. The van der Waals surface area contributed by atoms with Crippen LogP contribution >= 0.6 is 0 Å². The molecule has 2 aromatic heterocycles. The van der Waals surface area contributed by atoms with Gasteiger partial charge in [0.05, 0.1) is 29.3 Å². The van der Waals surface area contributed by atoms with Crippen LogP contribution < -0.4 is 9.64 Å². The van der Waals surface area contributed by atoms with Crippen LogP contribution in [0.4, 0.5) is 5.69 Å². The van der Waals surface area contributed by atoms with Crippen LogP contribution in [0.15, 0.2) is 47.6 Å². The highest BCUT2D eigenvalue weighted by Gasteiger charge is 2.25. The second kappa shape index (κ2) is 7.75. The van der Waals surface area contributed by atoms with Crippen molar-refractivity contribution >= 4 is 15.5 Å². The van der Waals surface area contributed by atoms with E-state index in [2.05, 4.69) is 24.8 Å². The lowest BCUT2D eigenvalue weighted by Crippen LogP contribution is -2.32. The van der Waals surface area contributed by atoms with Crippen LogP contribution in [0.2, 0.25) is 0 Å². The van der Waals surface area contributed by atoms with Crippen LogP contribution in [0.1, 0.15) is 18.2 Å². The number of aromatic nitrogens is 4. The van der Waals surface area contributed by atoms with Crippen molar-refractivity contribution in [3.8, 4) is 17.5 Å². The Kier molecular flexibility index (Phi) is 5.14. The third-order valence-corrected chi connectivity index (χ3v) is 5.83. The number of rotatable bonds is 5. The van der Waals surface area contributed by atoms with Gasteiger partial charge in [0.1, 0.15) is 0 Å². The lowest BCUT2D eigenvalue weighted by Gasteiger charge is -2.31. The molecule has 0 bridgehead atoms. The maximum Gasteiger partial charge on any atom is 0.222 e. The van der Waals surface area contributed by atoms with E-state index in [0.29, 0.717) is 42.0 Å². The molecule has 9 heteroatoms. The van der Waals surface area contributed by atoms with Crippen LogP contribution in [0.5, 0.6) is 5.88 Å². The minimum atomic E-state index is -3.21. The van der Waals surface area contributed by atoms with Crippen LogP contribution in [0, 0.1) is 0 Å². The van der Waals surface area contributed by atoms with Gasteiger partial charge in [-0.05, 0) is 37.3 Å². The molecule has 0 fully saturated rings. The Labute approximate surface area is 169 Å². The van der Waals surface area contributed by atoms with Gasteiger partial charge in [-0.15, -0.1) is 0 Å². The average molecular weight is 411 g/mol. The van der Waals surface area contributed by atoms with E-state index in [4.69, 9.17) is 4.74 Å². The smallest absolute Gasteiger partial charge is 0.222 e. The van der Waals surface area contributed by atoms with E-state index in [9.17, 15) is 8.42 Å². The standard InChI is InChI=1S/C20H21N5O3S/c1-3-28-20-16-13-25(14-5-7-15(8-6-14)29(2,26)27)12-9-17(16)23-19(24-20)18-21-10-4-11-22-18/h4-8,10-11H,3,9,12-13H2,1-2H3. The molecule has 0 unspecified atom stereocenters. The molecular formula is C20H21N5O3S. The third-order valence-electron chi connectivity index (χ3n) is 4.70. The van der Waals surface area contributed by atoms with Gasteiger partial charge in [-0.3, -0.25) is 0 Å². The first kappa shape index (κ1) is 19.3. The number of hydrogen-bond donors (Lipinski definition) is 0. The van der Waals surface area contributed by atoms with Crippen molar-refractivity contribution < 1.29 is 13.2 Å². The normalized spacial score (nSPS) is 13.8. The summed E-state index contributed by atoms with van der Waals surface area (Å²) in [6, 6.07) is 8.67. The highest BCUT2D eigenvalue weighted by atomic mass is 32.2. The molecule has 0 N–H and O–H groups in total. The Bertz CT molecular complexity index is 1120. The molecule has 0 aliphatic carbocycles. The number of ether oxygens (including phenoxy) is 1. The molecule has 0 saturated carbocycles. The zero-order chi connectivity index (χ0) is 20.4. The van der Waals surface area contributed by atoms with Crippen LogP contribution in [-0.4, -0.2) is 47.8 Å². The van der Waals surface area contributed by atoms with Gasteiger partial charge in [-0.1, -0.05) is 0 Å². The molecule has 0 atom stereocenters. The number of anilines is 1.